The maximum absolute atomic E-state index is 12.0. The van der Waals surface area contributed by atoms with E-state index in [1.807, 2.05) is 6.26 Å². The Labute approximate surface area is 115 Å². The van der Waals surface area contributed by atoms with Crippen molar-refractivity contribution in [1.29, 1.82) is 0 Å². The smallest absolute Gasteiger partial charge is 0.213 e. The van der Waals surface area contributed by atoms with Gasteiger partial charge in [0.1, 0.15) is 5.75 Å². The fourth-order valence-corrected chi connectivity index (χ4v) is 2.13. The second kappa shape index (κ2) is 6.66. The van der Waals surface area contributed by atoms with Gasteiger partial charge in [-0.3, -0.25) is 9.59 Å². The first-order chi connectivity index (χ1) is 8.54. The number of hydrogen-bond donors (Lipinski definition) is 0. The zero-order valence-corrected chi connectivity index (χ0v) is 12.0. The highest BCUT2D eigenvalue weighted by molar-refractivity contribution is 7.99. The van der Waals surface area contributed by atoms with Gasteiger partial charge in [-0.15, -0.1) is 0 Å². The predicted octanol–water partition coefficient (Wildman–Crippen LogP) is 2.49. The zero-order valence-electron chi connectivity index (χ0n) is 10.4. The van der Waals surface area contributed by atoms with Gasteiger partial charge in [0.25, 0.3) is 0 Å². The summed E-state index contributed by atoms with van der Waals surface area (Å²) in [4.78, 5) is 24.2. The third kappa shape index (κ3) is 3.17. The minimum Gasteiger partial charge on any atom is -0.495 e. The molecule has 0 saturated carbocycles. The number of hydrogen-bond acceptors (Lipinski definition) is 4. The van der Waals surface area contributed by atoms with Gasteiger partial charge >= 0.3 is 0 Å². The van der Waals surface area contributed by atoms with Crippen molar-refractivity contribution in [3.8, 4) is 5.75 Å². The van der Waals surface area contributed by atoms with E-state index in [9.17, 15) is 9.59 Å². The van der Waals surface area contributed by atoms with Crippen LogP contribution in [0, 0.1) is 0 Å². The molecule has 1 aromatic rings. The van der Waals surface area contributed by atoms with Crippen LogP contribution in [0.1, 0.15) is 10.4 Å². The number of thioether (sulfide) groups is 1. The van der Waals surface area contributed by atoms with Crippen LogP contribution in [-0.2, 0) is 4.79 Å². The molecular weight excluding hydrogens is 274 g/mol. The highest BCUT2D eigenvalue weighted by Crippen LogP contribution is 2.33. The molecule has 0 aliphatic rings. The van der Waals surface area contributed by atoms with Gasteiger partial charge in [0.15, 0.2) is 5.78 Å². The summed E-state index contributed by atoms with van der Waals surface area (Å²) in [5, 5.41) is 0.363. The number of anilines is 1. The van der Waals surface area contributed by atoms with Crippen LogP contribution < -0.4 is 9.64 Å². The van der Waals surface area contributed by atoms with Crippen LogP contribution in [0.2, 0.25) is 5.02 Å². The van der Waals surface area contributed by atoms with Gasteiger partial charge in [0.2, 0.25) is 6.41 Å². The molecule has 0 radical (unpaired) electrons. The van der Waals surface area contributed by atoms with E-state index in [2.05, 4.69) is 0 Å². The summed E-state index contributed by atoms with van der Waals surface area (Å²) in [5.41, 5.74) is 0.912. The summed E-state index contributed by atoms with van der Waals surface area (Å²) in [7, 11) is 3.05. The molecule has 18 heavy (non-hydrogen) atoms. The van der Waals surface area contributed by atoms with Crippen molar-refractivity contribution in [2.45, 2.75) is 0 Å². The molecular formula is C12H14ClNO3S. The van der Waals surface area contributed by atoms with E-state index >= 15 is 0 Å². The molecule has 0 aliphatic carbocycles. The Morgan fingerprint density at radius 2 is 2.22 bits per heavy atom. The average molecular weight is 288 g/mol. The Morgan fingerprint density at radius 3 is 2.72 bits per heavy atom. The molecule has 0 bridgehead atoms. The third-order valence-corrected chi connectivity index (χ3v) is 3.23. The van der Waals surface area contributed by atoms with Gasteiger partial charge in [-0.25, -0.2) is 0 Å². The number of carbonyl (C=O) groups is 2. The molecule has 0 aromatic heterocycles. The molecule has 4 nitrogen and oxygen atoms in total. The first kappa shape index (κ1) is 14.9. The zero-order chi connectivity index (χ0) is 13.7. The maximum atomic E-state index is 12.0. The van der Waals surface area contributed by atoms with Crippen molar-refractivity contribution in [1.82, 2.24) is 0 Å². The summed E-state index contributed by atoms with van der Waals surface area (Å²) < 4.78 is 5.08. The standard InChI is InChI=1S/C12H14ClNO3S/c1-14(7-15)10-5-9(13)12(17-2)4-8(10)11(16)6-18-3/h4-5,7H,6H2,1-3H3. The number of carbonyl (C=O) groups excluding carboxylic acids is 2. The van der Waals surface area contributed by atoms with Crippen LogP contribution in [0.15, 0.2) is 12.1 Å². The molecule has 0 fully saturated rings. The lowest BCUT2D eigenvalue weighted by Crippen LogP contribution is -2.18. The SMILES string of the molecule is COc1cc(C(=O)CSC)c(N(C)C=O)cc1Cl. The first-order valence-corrected chi connectivity index (χ1v) is 6.90. The molecule has 98 valence electrons. The molecule has 1 aromatic carbocycles. The predicted molar refractivity (Wildman–Crippen MR) is 75.2 cm³/mol. The van der Waals surface area contributed by atoms with Gasteiger partial charge in [-0.1, -0.05) is 11.6 Å². The molecule has 1 amide bonds. The average Bonchev–Trinajstić information content (AvgIpc) is 2.37. The van der Waals surface area contributed by atoms with Crippen molar-refractivity contribution < 1.29 is 14.3 Å². The molecule has 0 unspecified atom stereocenters. The van der Waals surface area contributed by atoms with E-state index in [1.54, 1.807) is 19.2 Å². The van der Waals surface area contributed by atoms with Crippen LogP contribution in [0.25, 0.3) is 0 Å². The van der Waals surface area contributed by atoms with Crippen molar-refractivity contribution in [3.05, 3.63) is 22.7 Å². The fourth-order valence-electron chi connectivity index (χ4n) is 1.48. The number of benzene rings is 1. The molecule has 0 N–H and O–H groups in total. The number of ketones is 1. The van der Waals surface area contributed by atoms with E-state index in [0.29, 0.717) is 34.2 Å². The lowest BCUT2D eigenvalue weighted by Gasteiger charge is -2.17. The molecule has 0 saturated heterocycles. The number of methoxy groups -OCH3 is 1. The van der Waals surface area contributed by atoms with Crippen LogP contribution in [0.3, 0.4) is 0 Å². The van der Waals surface area contributed by atoms with Gasteiger partial charge in [-0.2, -0.15) is 11.8 Å². The Kier molecular flexibility index (Phi) is 5.50. The molecule has 0 atom stereocenters. The molecule has 6 heteroatoms. The largest absolute Gasteiger partial charge is 0.495 e. The number of nitrogens with zero attached hydrogens (tertiary/aromatic N) is 1. The lowest BCUT2D eigenvalue weighted by molar-refractivity contribution is -0.107. The van der Waals surface area contributed by atoms with Gasteiger partial charge in [0, 0.05) is 12.6 Å². The third-order valence-electron chi connectivity index (χ3n) is 2.38. The summed E-state index contributed by atoms with van der Waals surface area (Å²) in [5.74, 6) is 0.690. The Morgan fingerprint density at radius 1 is 1.56 bits per heavy atom. The number of rotatable bonds is 6. The Balaban J connectivity index is 3.34. The van der Waals surface area contributed by atoms with Crippen molar-refractivity contribution in [2.24, 2.45) is 0 Å². The minimum absolute atomic E-state index is 0.0684. The number of amides is 1. The highest BCUT2D eigenvalue weighted by Gasteiger charge is 2.17. The molecule has 0 heterocycles. The summed E-state index contributed by atoms with van der Waals surface area (Å²) in [6.45, 7) is 0. The Hall–Kier alpha value is -1.20. The van der Waals surface area contributed by atoms with Crippen LogP contribution in [0.5, 0.6) is 5.75 Å². The lowest BCUT2D eigenvalue weighted by atomic mass is 10.1. The van der Waals surface area contributed by atoms with Gasteiger partial charge in [0.05, 0.1) is 23.6 Å². The summed E-state index contributed by atoms with van der Waals surface area (Å²) >= 11 is 7.42. The number of halogens is 1. The second-order valence-electron chi connectivity index (χ2n) is 3.58. The van der Waals surface area contributed by atoms with Crippen molar-refractivity contribution in [2.75, 3.05) is 31.1 Å². The summed E-state index contributed by atoms with van der Waals surface area (Å²) in [6, 6.07) is 3.12. The fraction of sp³-hybridized carbons (Fsp3) is 0.333. The van der Waals surface area contributed by atoms with Crippen molar-refractivity contribution in [3.63, 3.8) is 0 Å². The van der Waals surface area contributed by atoms with Crippen molar-refractivity contribution >= 4 is 41.2 Å². The van der Waals surface area contributed by atoms with Crippen LogP contribution in [0.4, 0.5) is 5.69 Å². The molecule has 0 aliphatic heterocycles. The second-order valence-corrected chi connectivity index (χ2v) is 4.85. The minimum atomic E-state index is -0.0684. The van der Waals surface area contributed by atoms with E-state index in [0.717, 1.165) is 0 Å². The number of ether oxygens (including phenoxy) is 1. The topological polar surface area (TPSA) is 46.6 Å². The highest BCUT2D eigenvalue weighted by atomic mass is 35.5. The first-order valence-electron chi connectivity index (χ1n) is 5.13. The molecule has 1 rings (SSSR count). The normalized spacial score (nSPS) is 10.0. The number of Topliss-reactive ketones (excluding diaryl/α,β-unsaturated/α-hetero) is 1. The van der Waals surface area contributed by atoms with E-state index < -0.39 is 0 Å². The maximum Gasteiger partial charge on any atom is 0.213 e. The quantitative estimate of drug-likeness (QED) is 0.596. The van der Waals surface area contributed by atoms with Gasteiger partial charge in [-0.05, 0) is 18.4 Å². The van der Waals surface area contributed by atoms with Crippen LogP contribution in [-0.4, -0.2) is 38.4 Å². The van der Waals surface area contributed by atoms with E-state index in [4.69, 9.17) is 16.3 Å². The molecule has 0 spiro atoms. The van der Waals surface area contributed by atoms with E-state index in [-0.39, 0.29) is 5.78 Å². The monoisotopic (exact) mass is 287 g/mol. The summed E-state index contributed by atoms with van der Waals surface area (Å²) in [6.07, 6.45) is 2.47. The van der Waals surface area contributed by atoms with E-state index in [1.165, 1.54) is 23.8 Å². The van der Waals surface area contributed by atoms with Gasteiger partial charge < -0.3 is 9.64 Å². The Bertz CT molecular complexity index is 465. The van der Waals surface area contributed by atoms with Crippen LogP contribution >= 0.6 is 23.4 Å².